The second-order valence-electron chi connectivity index (χ2n) is 3.37. The number of benzene rings is 1. The van der Waals surface area contributed by atoms with Gasteiger partial charge in [0.05, 0.1) is 13.0 Å². The highest BCUT2D eigenvalue weighted by Crippen LogP contribution is 2.28. The Morgan fingerprint density at radius 1 is 1.31 bits per heavy atom. The van der Waals surface area contributed by atoms with Crippen molar-refractivity contribution in [2.45, 2.75) is 12.3 Å². The molecule has 16 heavy (non-hydrogen) atoms. The van der Waals surface area contributed by atoms with Gasteiger partial charge in [-0.2, -0.15) is 0 Å². The number of amides is 2. The van der Waals surface area contributed by atoms with Crippen molar-refractivity contribution in [1.82, 2.24) is 0 Å². The van der Waals surface area contributed by atoms with Crippen molar-refractivity contribution < 1.29 is 14.3 Å². The average molecular weight is 222 g/mol. The van der Waals surface area contributed by atoms with Crippen molar-refractivity contribution in [3.05, 3.63) is 29.8 Å². The Morgan fingerprint density at radius 2 is 1.94 bits per heavy atom. The normalized spacial score (nSPS) is 11.8. The molecule has 2 amide bonds. The lowest BCUT2D eigenvalue weighted by molar-refractivity contribution is -0.124. The Hall–Kier alpha value is -2.04. The fourth-order valence-corrected chi connectivity index (χ4v) is 1.52. The minimum atomic E-state index is -0.742. The molecule has 0 heterocycles. The highest BCUT2D eigenvalue weighted by molar-refractivity contribution is 5.88. The first-order valence-corrected chi connectivity index (χ1v) is 4.76. The smallest absolute Gasteiger partial charge is 0.225 e. The molecule has 1 atom stereocenters. The zero-order valence-corrected chi connectivity index (χ0v) is 8.97. The molecule has 0 aliphatic heterocycles. The molecule has 0 aromatic heterocycles. The average Bonchev–Trinajstić information content (AvgIpc) is 2.25. The SMILES string of the molecule is COc1ccccc1C(CC(N)=O)C(N)=O. The summed E-state index contributed by atoms with van der Waals surface area (Å²) in [5, 5.41) is 0. The molecule has 1 unspecified atom stereocenters. The fraction of sp³-hybridized carbons (Fsp3) is 0.273. The third kappa shape index (κ3) is 2.73. The van der Waals surface area contributed by atoms with Crippen molar-refractivity contribution in [2.75, 3.05) is 7.11 Å². The van der Waals surface area contributed by atoms with E-state index in [0.29, 0.717) is 11.3 Å². The third-order valence-electron chi connectivity index (χ3n) is 2.26. The number of methoxy groups -OCH3 is 1. The number of rotatable bonds is 5. The molecule has 1 aromatic rings. The largest absolute Gasteiger partial charge is 0.496 e. The number of hydrogen-bond donors (Lipinski definition) is 2. The van der Waals surface area contributed by atoms with Crippen molar-refractivity contribution in [2.24, 2.45) is 11.5 Å². The van der Waals surface area contributed by atoms with Crippen molar-refractivity contribution >= 4 is 11.8 Å². The van der Waals surface area contributed by atoms with Crippen molar-refractivity contribution in [3.8, 4) is 5.75 Å². The summed E-state index contributed by atoms with van der Waals surface area (Å²) >= 11 is 0. The van der Waals surface area contributed by atoms with Crippen molar-refractivity contribution in [1.29, 1.82) is 0 Å². The molecule has 0 aliphatic carbocycles. The van der Waals surface area contributed by atoms with Gasteiger partial charge in [0.1, 0.15) is 5.75 Å². The van der Waals surface area contributed by atoms with E-state index in [-0.39, 0.29) is 6.42 Å². The molecule has 5 heteroatoms. The Morgan fingerprint density at radius 3 is 2.44 bits per heavy atom. The number of carbonyl (C=O) groups is 2. The van der Waals surface area contributed by atoms with E-state index in [1.54, 1.807) is 24.3 Å². The summed E-state index contributed by atoms with van der Waals surface area (Å²) in [6.07, 6.45) is -0.115. The number of primary amides is 2. The molecule has 5 nitrogen and oxygen atoms in total. The van der Waals surface area contributed by atoms with Gasteiger partial charge >= 0.3 is 0 Å². The van der Waals surface area contributed by atoms with Crippen LogP contribution in [-0.2, 0) is 9.59 Å². The van der Waals surface area contributed by atoms with Crippen LogP contribution in [-0.4, -0.2) is 18.9 Å². The molecule has 86 valence electrons. The number of nitrogens with two attached hydrogens (primary N) is 2. The first-order valence-electron chi connectivity index (χ1n) is 4.76. The Labute approximate surface area is 93.4 Å². The van der Waals surface area contributed by atoms with Crippen LogP contribution in [0.15, 0.2) is 24.3 Å². The molecule has 1 aromatic carbocycles. The summed E-state index contributed by atoms with van der Waals surface area (Å²) in [6, 6.07) is 6.91. The molecule has 0 saturated carbocycles. The first-order chi connectivity index (χ1) is 7.56. The van der Waals surface area contributed by atoms with Crippen LogP contribution in [0.3, 0.4) is 0 Å². The van der Waals surface area contributed by atoms with Crippen LogP contribution in [0.4, 0.5) is 0 Å². The summed E-state index contributed by atoms with van der Waals surface area (Å²) in [5.41, 5.74) is 10.9. The quantitative estimate of drug-likeness (QED) is 0.741. The first kappa shape index (κ1) is 12.0. The topological polar surface area (TPSA) is 95.4 Å². The second kappa shape index (κ2) is 5.16. The molecule has 0 bridgehead atoms. The van der Waals surface area contributed by atoms with Gasteiger partial charge in [0.15, 0.2) is 0 Å². The molecule has 0 saturated heterocycles. The third-order valence-corrected chi connectivity index (χ3v) is 2.26. The van der Waals surface area contributed by atoms with Gasteiger partial charge in [0, 0.05) is 12.0 Å². The van der Waals surface area contributed by atoms with E-state index >= 15 is 0 Å². The van der Waals surface area contributed by atoms with Gasteiger partial charge in [-0.25, -0.2) is 0 Å². The lowest BCUT2D eigenvalue weighted by Gasteiger charge is -2.15. The van der Waals surface area contributed by atoms with Gasteiger partial charge in [-0.05, 0) is 6.07 Å². The van der Waals surface area contributed by atoms with E-state index in [1.807, 2.05) is 0 Å². The highest BCUT2D eigenvalue weighted by Gasteiger charge is 2.23. The van der Waals surface area contributed by atoms with Gasteiger partial charge in [-0.3, -0.25) is 9.59 Å². The Kier molecular flexibility index (Phi) is 3.88. The molecule has 0 radical (unpaired) electrons. The number of para-hydroxylation sites is 1. The Bertz CT molecular complexity index is 404. The van der Waals surface area contributed by atoms with Crippen LogP contribution in [0.1, 0.15) is 17.9 Å². The molecule has 0 spiro atoms. The van der Waals surface area contributed by atoms with E-state index in [0.717, 1.165) is 0 Å². The minimum absolute atomic E-state index is 0.115. The zero-order chi connectivity index (χ0) is 12.1. The summed E-state index contributed by atoms with van der Waals surface area (Å²) in [5.74, 6) is -1.39. The monoisotopic (exact) mass is 222 g/mol. The lowest BCUT2D eigenvalue weighted by atomic mass is 9.94. The van der Waals surface area contributed by atoms with E-state index in [2.05, 4.69) is 0 Å². The van der Waals surface area contributed by atoms with Gasteiger partial charge < -0.3 is 16.2 Å². The minimum Gasteiger partial charge on any atom is -0.496 e. The van der Waals surface area contributed by atoms with Crippen LogP contribution in [0.2, 0.25) is 0 Å². The van der Waals surface area contributed by atoms with Gasteiger partial charge in [0.2, 0.25) is 11.8 Å². The molecule has 1 rings (SSSR count). The predicted octanol–water partition coefficient (Wildman–Crippen LogP) is 0.139. The number of ether oxygens (including phenoxy) is 1. The molecule has 4 N–H and O–H groups in total. The molecule has 0 aliphatic rings. The number of hydrogen-bond acceptors (Lipinski definition) is 3. The van der Waals surface area contributed by atoms with E-state index < -0.39 is 17.7 Å². The summed E-state index contributed by atoms with van der Waals surface area (Å²) in [7, 11) is 1.49. The zero-order valence-electron chi connectivity index (χ0n) is 8.97. The maximum Gasteiger partial charge on any atom is 0.225 e. The molecule has 0 fully saturated rings. The summed E-state index contributed by atoms with van der Waals surface area (Å²) < 4.78 is 5.10. The predicted molar refractivity (Wildman–Crippen MR) is 58.7 cm³/mol. The molecular formula is C11H14N2O3. The highest BCUT2D eigenvalue weighted by atomic mass is 16.5. The van der Waals surface area contributed by atoms with Crippen LogP contribution < -0.4 is 16.2 Å². The maximum atomic E-state index is 11.3. The Balaban J connectivity index is 3.10. The van der Waals surface area contributed by atoms with Crippen molar-refractivity contribution in [3.63, 3.8) is 0 Å². The van der Waals surface area contributed by atoms with Crippen LogP contribution in [0, 0.1) is 0 Å². The van der Waals surface area contributed by atoms with Crippen LogP contribution in [0.5, 0.6) is 5.75 Å². The van der Waals surface area contributed by atoms with E-state index in [9.17, 15) is 9.59 Å². The van der Waals surface area contributed by atoms with Crippen LogP contribution in [0.25, 0.3) is 0 Å². The summed E-state index contributed by atoms with van der Waals surface area (Å²) in [4.78, 5) is 22.1. The van der Waals surface area contributed by atoms with E-state index in [4.69, 9.17) is 16.2 Å². The standard InChI is InChI=1S/C11H14N2O3/c1-16-9-5-3-2-4-7(9)8(11(13)15)6-10(12)14/h2-5,8H,6H2,1H3,(H2,12,14)(H2,13,15). The van der Waals surface area contributed by atoms with Gasteiger partial charge in [0.25, 0.3) is 0 Å². The fourth-order valence-electron chi connectivity index (χ4n) is 1.52. The second-order valence-corrected chi connectivity index (χ2v) is 3.37. The van der Waals surface area contributed by atoms with Gasteiger partial charge in [-0.1, -0.05) is 18.2 Å². The lowest BCUT2D eigenvalue weighted by Crippen LogP contribution is -2.26. The van der Waals surface area contributed by atoms with Crippen LogP contribution >= 0.6 is 0 Å². The van der Waals surface area contributed by atoms with E-state index in [1.165, 1.54) is 7.11 Å². The maximum absolute atomic E-state index is 11.3. The summed E-state index contributed by atoms with van der Waals surface area (Å²) in [6.45, 7) is 0. The number of carbonyl (C=O) groups excluding carboxylic acids is 2. The molecular weight excluding hydrogens is 208 g/mol. The van der Waals surface area contributed by atoms with Gasteiger partial charge in [-0.15, -0.1) is 0 Å².